The van der Waals surface area contributed by atoms with Crippen molar-refractivity contribution >= 4 is 5.82 Å². The van der Waals surface area contributed by atoms with E-state index in [9.17, 15) is 4.79 Å². The van der Waals surface area contributed by atoms with Crippen molar-refractivity contribution in [3.8, 4) is 0 Å². The highest BCUT2D eigenvalue weighted by atomic mass is 16.1. The van der Waals surface area contributed by atoms with Crippen molar-refractivity contribution in [2.45, 2.75) is 52.0 Å². The summed E-state index contributed by atoms with van der Waals surface area (Å²) in [5, 5.41) is 3.23. The minimum absolute atomic E-state index is 0.0647. The van der Waals surface area contributed by atoms with Gasteiger partial charge in [0.15, 0.2) is 5.82 Å². The first-order chi connectivity index (χ1) is 9.38. The maximum Gasteiger partial charge on any atom is 0.293 e. The van der Waals surface area contributed by atoms with Gasteiger partial charge in [-0.25, -0.2) is 4.98 Å². The number of hydrogen-bond donors (Lipinski definition) is 2. The van der Waals surface area contributed by atoms with E-state index in [4.69, 9.17) is 5.73 Å². The Labute approximate surface area is 120 Å². The van der Waals surface area contributed by atoms with Crippen LogP contribution in [0.15, 0.2) is 17.2 Å². The van der Waals surface area contributed by atoms with Gasteiger partial charge in [-0.15, -0.1) is 0 Å². The van der Waals surface area contributed by atoms with E-state index in [0.717, 1.165) is 19.4 Å². The van der Waals surface area contributed by atoms with Gasteiger partial charge in [0.1, 0.15) is 0 Å². The summed E-state index contributed by atoms with van der Waals surface area (Å²) in [5.41, 5.74) is 5.76. The van der Waals surface area contributed by atoms with Gasteiger partial charge in [0.25, 0.3) is 5.56 Å². The van der Waals surface area contributed by atoms with Gasteiger partial charge in [-0.2, -0.15) is 0 Å². The molecule has 1 aromatic rings. The number of aromatic nitrogens is 2. The average molecular weight is 278 g/mol. The predicted molar refractivity (Wildman–Crippen MR) is 81.9 cm³/mol. The zero-order valence-corrected chi connectivity index (χ0v) is 12.8. The molecular formula is C15H26N4O. The Morgan fingerprint density at radius 2 is 2.05 bits per heavy atom. The Morgan fingerprint density at radius 1 is 1.40 bits per heavy atom. The lowest BCUT2D eigenvalue weighted by atomic mass is 9.86. The molecule has 0 atom stereocenters. The average Bonchev–Trinajstić information content (AvgIpc) is 2.85. The Bertz CT molecular complexity index is 509. The summed E-state index contributed by atoms with van der Waals surface area (Å²) >= 11 is 0. The van der Waals surface area contributed by atoms with Gasteiger partial charge < -0.3 is 15.6 Å². The van der Waals surface area contributed by atoms with Crippen LogP contribution >= 0.6 is 0 Å². The standard InChI is InChI=1S/C15H26N4O/c1-14(2,3)19-9-8-17-12(13(19)20)18-11-15(10-16)6-4-5-7-15/h8-9H,4-7,10-11,16H2,1-3H3,(H,17,18). The fourth-order valence-electron chi connectivity index (χ4n) is 2.91. The Kier molecular flexibility index (Phi) is 4.18. The predicted octanol–water partition coefficient (Wildman–Crippen LogP) is 1.93. The maximum atomic E-state index is 12.4. The second-order valence-electron chi connectivity index (χ2n) is 6.89. The molecule has 2 rings (SSSR count). The monoisotopic (exact) mass is 278 g/mol. The molecule has 1 aromatic heterocycles. The SMILES string of the molecule is CC(C)(C)n1ccnc(NCC2(CN)CCCC2)c1=O. The van der Waals surface area contributed by atoms with Gasteiger partial charge in [0.05, 0.1) is 0 Å². The van der Waals surface area contributed by atoms with Gasteiger partial charge in [-0.1, -0.05) is 12.8 Å². The number of nitrogens with one attached hydrogen (secondary N) is 1. The first kappa shape index (κ1) is 15.0. The molecule has 1 aliphatic carbocycles. The summed E-state index contributed by atoms with van der Waals surface area (Å²) < 4.78 is 1.71. The molecule has 0 amide bonds. The molecule has 5 heteroatoms. The van der Waals surface area contributed by atoms with E-state index in [2.05, 4.69) is 10.3 Å². The smallest absolute Gasteiger partial charge is 0.293 e. The third-order valence-corrected chi connectivity index (χ3v) is 4.29. The van der Waals surface area contributed by atoms with Gasteiger partial charge in [-0.3, -0.25) is 4.79 Å². The number of rotatable bonds is 4. The van der Waals surface area contributed by atoms with E-state index < -0.39 is 0 Å². The molecule has 0 aliphatic heterocycles. The lowest BCUT2D eigenvalue weighted by molar-refractivity contribution is 0.331. The van der Waals surface area contributed by atoms with Crippen LogP contribution < -0.4 is 16.6 Å². The van der Waals surface area contributed by atoms with Crippen LogP contribution in [-0.4, -0.2) is 22.6 Å². The van der Waals surface area contributed by atoms with E-state index in [1.54, 1.807) is 17.0 Å². The summed E-state index contributed by atoms with van der Waals surface area (Å²) in [7, 11) is 0. The second-order valence-corrected chi connectivity index (χ2v) is 6.89. The molecule has 0 aromatic carbocycles. The molecule has 0 spiro atoms. The van der Waals surface area contributed by atoms with Crippen molar-refractivity contribution < 1.29 is 0 Å². The highest BCUT2D eigenvalue weighted by Crippen LogP contribution is 2.36. The molecule has 0 radical (unpaired) electrons. The summed E-state index contributed by atoms with van der Waals surface area (Å²) in [6, 6.07) is 0. The topological polar surface area (TPSA) is 72.9 Å². The molecule has 1 aliphatic rings. The van der Waals surface area contributed by atoms with Crippen LogP contribution in [-0.2, 0) is 5.54 Å². The first-order valence-corrected chi connectivity index (χ1v) is 7.40. The van der Waals surface area contributed by atoms with E-state index >= 15 is 0 Å². The minimum atomic E-state index is -0.241. The van der Waals surface area contributed by atoms with Crippen molar-refractivity contribution in [1.29, 1.82) is 0 Å². The van der Waals surface area contributed by atoms with Gasteiger partial charge in [0.2, 0.25) is 0 Å². The minimum Gasteiger partial charge on any atom is -0.365 e. The van der Waals surface area contributed by atoms with Crippen LogP contribution in [0, 0.1) is 5.41 Å². The normalized spacial score (nSPS) is 18.2. The van der Waals surface area contributed by atoms with Crippen molar-refractivity contribution in [3.63, 3.8) is 0 Å². The highest BCUT2D eigenvalue weighted by molar-refractivity contribution is 5.31. The summed E-state index contributed by atoms with van der Waals surface area (Å²) in [6.45, 7) is 7.43. The fourth-order valence-corrected chi connectivity index (χ4v) is 2.91. The molecule has 5 nitrogen and oxygen atoms in total. The van der Waals surface area contributed by atoms with Crippen LogP contribution in [0.4, 0.5) is 5.82 Å². The van der Waals surface area contributed by atoms with Crippen molar-refractivity contribution in [3.05, 3.63) is 22.7 Å². The molecule has 0 saturated heterocycles. The van der Waals surface area contributed by atoms with Crippen LogP contribution in [0.1, 0.15) is 46.5 Å². The molecule has 20 heavy (non-hydrogen) atoms. The van der Waals surface area contributed by atoms with Gasteiger partial charge >= 0.3 is 0 Å². The zero-order chi connectivity index (χ0) is 14.8. The third-order valence-electron chi connectivity index (χ3n) is 4.29. The maximum absolute atomic E-state index is 12.4. The van der Waals surface area contributed by atoms with Crippen LogP contribution in [0.25, 0.3) is 0 Å². The number of nitrogens with two attached hydrogens (primary N) is 1. The number of hydrogen-bond acceptors (Lipinski definition) is 4. The number of anilines is 1. The first-order valence-electron chi connectivity index (χ1n) is 7.40. The summed E-state index contributed by atoms with van der Waals surface area (Å²) in [6.07, 6.45) is 8.15. The van der Waals surface area contributed by atoms with Gasteiger partial charge in [-0.05, 0) is 45.6 Å². The van der Waals surface area contributed by atoms with Gasteiger partial charge in [0, 0.05) is 24.5 Å². The van der Waals surface area contributed by atoms with E-state index in [1.807, 2.05) is 20.8 Å². The van der Waals surface area contributed by atoms with Crippen molar-refractivity contribution in [2.75, 3.05) is 18.4 Å². The molecule has 0 bridgehead atoms. The molecule has 1 fully saturated rings. The van der Waals surface area contributed by atoms with Crippen LogP contribution in [0.2, 0.25) is 0 Å². The van der Waals surface area contributed by atoms with Crippen molar-refractivity contribution in [1.82, 2.24) is 9.55 Å². The molecule has 1 saturated carbocycles. The highest BCUT2D eigenvalue weighted by Gasteiger charge is 2.32. The lowest BCUT2D eigenvalue weighted by Crippen LogP contribution is -2.38. The summed E-state index contributed by atoms with van der Waals surface area (Å²) in [4.78, 5) is 16.6. The second kappa shape index (κ2) is 5.56. The van der Waals surface area contributed by atoms with Crippen molar-refractivity contribution in [2.24, 2.45) is 11.1 Å². The summed E-state index contributed by atoms with van der Waals surface area (Å²) in [5.74, 6) is 0.433. The molecule has 3 N–H and O–H groups in total. The van der Waals surface area contributed by atoms with Crippen LogP contribution in [0.3, 0.4) is 0 Å². The van der Waals surface area contributed by atoms with E-state index in [0.29, 0.717) is 12.4 Å². The Hall–Kier alpha value is -1.36. The lowest BCUT2D eigenvalue weighted by Gasteiger charge is -2.28. The molecular weight excluding hydrogens is 252 g/mol. The molecule has 0 unspecified atom stereocenters. The molecule has 1 heterocycles. The Morgan fingerprint density at radius 3 is 2.60 bits per heavy atom. The third kappa shape index (κ3) is 3.03. The van der Waals surface area contributed by atoms with E-state index in [-0.39, 0.29) is 16.5 Å². The fraction of sp³-hybridized carbons (Fsp3) is 0.733. The number of nitrogens with zero attached hydrogens (tertiary/aromatic N) is 2. The van der Waals surface area contributed by atoms with E-state index in [1.165, 1.54) is 12.8 Å². The van der Waals surface area contributed by atoms with Crippen LogP contribution in [0.5, 0.6) is 0 Å². The zero-order valence-electron chi connectivity index (χ0n) is 12.8. The largest absolute Gasteiger partial charge is 0.365 e. The quantitative estimate of drug-likeness (QED) is 0.882. The Balaban J connectivity index is 2.16. The molecule has 112 valence electrons.